The summed E-state index contributed by atoms with van der Waals surface area (Å²) in [5.41, 5.74) is 2.05. The van der Waals surface area contributed by atoms with Crippen LogP contribution in [0.1, 0.15) is 59.8 Å². The molecule has 6 heteroatoms. The van der Waals surface area contributed by atoms with Gasteiger partial charge in [-0.15, -0.1) is 0 Å². The molecule has 0 radical (unpaired) electrons. The van der Waals surface area contributed by atoms with Crippen LogP contribution in [0.25, 0.3) is 0 Å². The average Bonchev–Trinajstić information content (AvgIpc) is 3.48. The van der Waals surface area contributed by atoms with Gasteiger partial charge >= 0.3 is 0 Å². The molecule has 0 spiro atoms. The Bertz CT molecular complexity index is 955. The van der Waals surface area contributed by atoms with Crippen molar-refractivity contribution in [1.82, 2.24) is 20.4 Å². The van der Waals surface area contributed by atoms with E-state index in [2.05, 4.69) is 39.8 Å². The van der Waals surface area contributed by atoms with Crippen LogP contribution in [0.15, 0.2) is 48.6 Å². The van der Waals surface area contributed by atoms with Crippen LogP contribution in [0.4, 0.5) is 0 Å². The number of carbonyl (C=O) groups is 2. The Balaban J connectivity index is 1.30. The van der Waals surface area contributed by atoms with Crippen LogP contribution in [0.5, 0.6) is 0 Å². The smallest absolute Gasteiger partial charge is 0.274 e. The van der Waals surface area contributed by atoms with E-state index in [1.54, 1.807) is 4.90 Å². The van der Waals surface area contributed by atoms with Gasteiger partial charge in [0, 0.05) is 30.7 Å². The molecule has 1 saturated carbocycles. The molecule has 1 unspecified atom stereocenters. The number of hydrogen-bond acceptors (Lipinski definition) is 3. The van der Waals surface area contributed by atoms with Crippen molar-refractivity contribution in [3.8, 4) is 0 Å². The number of rotatable bonds is 6. The van der Waals surface area contributed by atoms with Gasteiger partial charge in [0.2, 0.25) is 5.91 Å². The minimum Gasteiger partial charge on any atom is -0.349 e. The SMILES string of the molecule is O=C(c1cc(C2CC2)[nH]n1)N1CC(Cc2ccccc2)(C(=O)NC2C=CCCC2)C1. The summed E-state index contributed by atoms with van der Waals surface area (Å²) in [6, 6.07) is 12.0. The molecule has 30 heavy (non-hydrogen) atoms. The van der Waals surface area contributed by atoms with E-state index in [0.29, 0.717) is 31.1 Å². The molecule has 2 heterocycles. The molecule has 1 aliphatic heterocycles. The summed E-state index contributed by atoms with van der Waals surface area (Å²) >= 11 is 0. The van der Waals surface area contributed by atoms with Crippen molar-refractivity contribution in [1.29, 1.82) is 0 Å². The van der Waals surface area contributed by atoms with E-state index < -0.39 is 5.41 Å². The average molecular weight is 405 g/mol. The lowest BCUT2D eigenvalue weighted by Gasteiger charge is -2.49. The highest BCUT2D eigenvalue weighted by Gasteiger charge is 2.51. The van der Waals surface area contributed by atoms with Gasteiger partial charge < -0.3 is 10.2 Å². The molecule has 1 saturated heterocycles. The predicted octanol–water partition coefficient (Wildman–Crippen LogP) is 3.20. The first kappa shape index (κ1) is 19.1. The molecular formula is C24H28N4O2. The number of hydrogen-bond donors (Lipinski definition) is 2. The summed E-state index contributed by atoms with van der Waals surface area (Å²) < 4.78 is 0. The highest BCUT2D eigenvalue weighted by molar-refractivity contribution is 5.95. The highest BCUT2D eigenvalue weighted by atomic mass is 16.2. The number of allylic oxidation sites excluding steroid dienone is 1. The summed E-state index contributed by atoms with van der Waals surface area (Å²) in [5, 5.41) is 10.5. The van der Waals surface area contributed by atoms with Gasteiger partial charge in [0.15, 0.2) is 0 Å². The van der Waals surface area contributed by atoms with Gasteiger partial charge in [0.1, 0.15) is 5.69 Å². The zero-order valence-electron chi connectivity index (χ0n) is 17.1. The Hall–Kier alpha value is -2.89. The Kier molecular flexibility index (Phi) is 4.93. The largest absolute Gasteiger partial charge is 0.349 e. The summed E-state index contributed by atoms with van der Waals surface area (Å²) in [7, 11) is 0. The van der Waals surface area contributed by atoms with E-state index in [4.69, 9.17) is 0 Å². The molecule has 5 rings (SSSR count). The van der Waals surface area contributed by atoms with E-state index in [1.807, 2.05) is 24.3 Å². The Morgan fingerprint density at radius 1 is 1.17 bits per heavy atom. The lowest BCUT2D eigenvalue weighted by atomic mass is 9.73. The fourth-order valence-electron chi connectivity index (χ4n) is 4.62. The van der Waals surface area contributed by atoms with Crippen molar-refractivity contribution in [3.63, 3.8) is 0 Å². The van der Waals surface area contributed by atoms with Crippen LogP contribution < -0.4 is 5.32 Å². The Labute approximate surface area is 176 Å². The normalized spacial score (nSPS) is 22.4. The Morgan fingerprint density at radius 3 is 2.67 bits per heavy atom. The van der Waals surface area contributed by atoms with Crippen molar-refractivity contribution in [2.45, 2.75) is 50.5 Å². The number of likely N-dealkylation sites (tertiary alicyclic amines) is 1. The van der Waals surface area contributed by atoms with Crippen LogP contribution in [0.3, 0.4) is 0 Å². The first-order valence-electron chi connectivity index (χ1n) is 11.0. The Morgan fingerprint density at radius 2 is 1.97 bits per heavy atom. The van der Waals surface area contributed by atoms with Gasteiger partial charge in [0.05, 0.1) is 5.41 Å². The highest BCUT2D eigenvalue weighted by Crippen LogP contribution is 2.40. The van der Waals surface area contributed by atoms with Crippen molar-refractivity contribution < 1.29 is 9.59 Å². The monoisotopic (exact) mass is 404 g/mol. The molecule has 1 aromatic heterocycles. The van der Waals surface area contributed by atoms with Crippen LogP contribution >= 0.6 is 0 Å². The standard InChI is InChI=1S/C24H28N4O2/c29-22(21-13-20(26-27-21)18-11-12-18)28-15-24(16-28,14-17-7-3-1-4-8-17)23(30)25-19-9-5-2-6-10-19/h1,3-5,7-9,13,18-19H,2,6,10-12,14-16H2,(H,25,30)(H,26,27). The second kappa shape index (κ2) is 7.74. The zero-order valence-corrected chi connectivity index (χ0v) is 17.1. The van der Waals surface area contributed by atoms with E-state index in [0.717, 1.165) is 43.4 Å². The third-order valence-electron chi connectivity index (χ3n) is 6.55. The number of amides is 2. The molecule has 156 valence electrons. The molecule has 2 aromatic rings. The molecule has 1 atom stereocenters. The molecule has 3 aliphatic rings. The van der Waals surface area contributed by atoms with Crippen LogP contribution in [0, 0.1) is 5.41 Å². The lowest BCUT2D eigenvalue weighted by Crippen LogP contribution is -2.66. The third-order valence-corrected chi connectivity index (χ3v) is 6.55. The molecule has 2 fully saturated rings. The first-order valence-corrected chi connectivity index (χ1v) is 11.0. The second-order valence-corrected chi connectivity index (χ2v) is 9.03. The molecule has 6 nitrogen and oxygen atoms in total. The lowest BCUT2D eigenvalue weighted by molar-refractivity contribution is -0.139. The number of benzene rings is 1. The summed E-state index contributed by atoms with van der Waals surface area (Å²) in [6.07, 6.45) is 10.4. The molecular weight excluding hydrogens is 376 g/mol. The minimum absolute atomic E-state index is 0.0488. The van der Waals surface area contributed by atoms with E-state index in [-0.39, 0.29) is 17.9 Å². The van der Waals surface area contributed by atoms with Crippen LogP contribution in [-0.2, 0) is 11.2 Å². The molecule has 2 N–H and O–H groups in total. The number of H-pyrrole nitrogens is 1. The van der Waals surface area contributed by atoms with Crippen molar-refractivity contribution in [3.05, 3.63) is 65.5 Å². The predicted molar refractivity (Wildman–Crippen MR) is 114 cm³/mol. The summed E-state index contributed by atoms with van der Waals surface area (Å²) in [5.74, 6) is 0.488. The fourth-order valence-corrected chi connectivity index (χ4v) is 4.62. The van der Waals surface area contributed by atoms with Crippen molar-refractivity contribution in [2.75, 3.05) is 13.1 Å². The van der Waals surface area contributed by atoms with Crippen LogP contribution in [0.2, 0.25) is 0 Å². The number of carbonyl (C=O) groups excluding carboxylic acids is 2. The van der Waals surface area contributed by atoms with Gasteiger partial charge in [-0.05, 0) is 50.2 Å². The number of nitrogens with one attached hydrogen (secondary N) is 2. The first-order chi connectivity index (χ1) is 14.6. The maximum Gasteiger partial charge on any atom is 0.274 e. The topological polar surface area (TPSA) is 78.1 Å². The maximum atomic E-state index is 13.3. The van der Waals surface area contributed by atoms with Crippen molar-refractivity contribution >= 4 is 11.8 Å². The van der Waals surface area contributed by atoms with Gasteiger partial charge in [-0.2, -0.15) is 5.10 Å². The van der Waals surface area contributed by atoms with E-state index in [1.165, 1.54) is 0 Å². The van der Waals surface area contributed by atoms with E-state index >= 15 is 0 Å². The van der Waals surface area contributed by atoms with E-state index in [9.17, 15) is 9.59 Å². The summed E-state index contributed by atoms with van der Waals surface area (Å²) in [4.78, 5) is 28.0. The minimum atomic E-state index is -0.585. The maximum absolute atomic E-state index is 13.3. The van der Waals surface area contributed by atoms with Crippen LogP contribution in [-0.4, -0.2) is 46.0 Å². The molecule has 1 aromatic carbocycles. The number of aromatic amines is 1. The van der Waals surface area contributed by atoms with Gasteiger partial charge in [0.25, 0.3) is 5.91 Å². The molecule has 2 aliphatic carbocycles. The summed E-state index contributed by atoms with van der Waals surface area (Å²) in [6.45, 7) is 0.850. The second-order valence-electron chi connectivity index (χ2n) is 9.03. The number of nitrogens with zero attached hydrogens (tertiary/aromatic N) is 2. The third kappa shape index (κ3) is 3.78. The molecule has 0 bridgehead atoms. The molecule has 2 amide bonds. The quantitative estimate of drug-likeness (QED) is 0.726. The van der Waals surface area contributed by atoms with Gasteiger partial charge in [-0.3, -0.25) is 14.7 Å². The zero-order chi connectivity index (χ0) is 20.6. The number of aromatic nitrogens is 2. The van der Waals surface area contributed by atoms with Gasteiger partial charge in [-0.1, -0.05) is 42.5 Å². The van der Waals surface area contributed by atoms with Gasteiger partial charge in [-0.25, -0.2) is 0 Å². The van der Waals surface area contributed by atoms with Crippen molar-refractivity contribution in [2.24, 2.45) is 5.41 Å². The fraction of sp³-hybridized carbons (Fsp3) is 0.458.